The van der Waals surface area contributed by atoms with Crippen LogP contribution in [0.1, 0.15) is 22.8 Å². The molecule has 0 saturated carbocycles. The molecule has 0 bridgehead atoms. The standard InChI is InChI=1S/C19H15NO5/c1-12(16-11-14-5-3-4-6-17(14)24-19(16)22)20-25-18(21)13-7-9-15(23-2)10-8-13/h3-11H,1-2H3/b20-12+. The number of carbonyl (C=O) groups is 1. The Hall–Kier alpha value is -3.41. The third-order valence-corrected chi connectivity index (χ3v) is 3.62. The zero-order valence-electron chi connectivity index (χ0n) is 13.7. The van der Waals surface area contributed by atoms with E-state index in [9.17, 15) is 9.59 Å². The Kier molecular flexibility index (Phi) is 4.61. The maximum atomic E-state index is 12.1. The lowest BCUT2D eigenvalue weighted by atomic mass is 10.1. The van der Waals surface area contributed by atoms with Gasteiger partial charge in [-0.3, -0.25) is 0 Å². The van der Waals surface area contributed by atoms with Gasteiger partial charge in [0.25, 0.3) is 0 Å². The highest BCUT2D eigenvalue weighted by atomic mass is 16.7. The Balaban J connectivity index is 1.82. The molecular formula is C19H15NO5. The topological polar surface area (TPSA) is 78.1 Å². The fraction of sp³-hybridized carbons (Fsp3) is 0.105. The van der Waals surface area contributed by atoms with Crippen LogP contribution in [0.3, 0.4) is 0 Å². The molecule has 6 nitrogen and oxygen atoms in total. The maximum absolute atomic E-state index is 12.1. The summed E-state index contributed by atoms with van der Waals surface area (Å²) in [6, 6.07) is 15.2. The van der Waals surface area contributed by atoms with Crippen LogP contribution in [0.2, 0.25) is 0 Å². The number of fused-ring (bicyclic) bond motifs is 1. The zero-order chi connectivity index (χ0) is 17.8. The van der Waals surface area contributed by atoms with Crippen LogP contribution in [0, 0.1) is 0 Å². The number of para-hydroxylation sites is 1. The van der Waals surface area contributed by atoms with E-state index < -0.39 is 11.6 Å². The molecule has 25 heavy (non-hydrogen) atoms. The summed E-state index contributed by atoms with van der Waals surface area (Å²) < 4.78 is 10.3. The molecule has 0 aliphatic heterocycles. The van der Waals surface area contributed by atoms with Crippen molar-refractivity contribution in [2.24, 2.45) is 5.16 Å². The average Bonchev–Trinajstić information content (AvgIpc) is 2.65. The lowest BCUT2D eigenvalue weighted by Crippen LogP contribution is -2.13. The van der Waals surface area contributed by atoms with Crippen molar-refractivity contribution in [3.63, 3.8) is 0 Å². The molecule has 1 heterocycles. The van der Waals surface area contributed by atoms with Crippen LogP contribution in [-0.4, -0.2) is 18.8 Å². The minimum Gasteiger partial charge on any atom is -0.497 e. The van der Waals surface area contributed by atoms with E-state index in [1.807, 2.05) is 12.1 Å². The van der Waals surface area contributed by atoms with Gasteiger partial charge in [-0.15, -0.1) is 0 Å². The van der Waals surface area contributed by atoms with Crippen molar-refractivity contribution in [2.45, 2.75) is 6.92 Å². The maximum Gasteiger partial charge on any atom is 0.365 e. The Morgan fingerprint density at radius 3 is 2.52 bits per heavy atom. The smallest absolute Gasteiger partial charge is 0.365 e. The van der Waals surface area contributed by atoms with E-state index in [4.69, 9.17) is 14.0 Å². The van der Waals surface area contributed by atoms with Gasteiger partial charge in [0.15, 0.2) is 0 Å². The van der Waals surface area contributed by atoms with Gasteiger partial charge in [-0.2, -0.15) is 0 Å². The van der Waals surface area contributed by atoms with E-state index >= 15 is 0 Å². The summed E-state index contributed by atoms with van der Waals surface area (Å²) in [6.07, 6.45) is 0. The molecule has 0 atom stereocenters. The fourth-order valence-corrected chi connectivity index (χ4v) is 2.25. The molecule has 3 rings (SSSR count). The van der Waals surface area contributed by atoms with Gasteiger partial charge in [-0.05, 0) is 43.3 Å². The third-order valence-electron chi connectivity index (χ3n) is 3.62. The minimum atomic E-state index is -0.632. The van der Waals surface area contributed by atoms with Gasteiger partial charge < -0.3 is 14.0 Å². The first-order valence-electron chi connectivity index (χ1n) is 7.52. The Labute approximate surface area is 143 Å². The van der Waals surface area contributed by atoms with Crippen LogP contribution >= 0.6 is 0 Å². The number of methoxy groups -OCH3 is 1. The Bertz CT molecular complexity index is 1000. The van der Waals surface area contributed by atoms with Crippen molar-refractivity contribution < 1.29 is 18.8 Å². The number of hydrogen-bond acceptors (Lipinski definition) is 6. The van der Waals surface area contributed by atoms with Crippen LogP contribution in [0.4, 0.5) is 0 Å². The zero-order valence-corrected chi connectivity index (χ0v) is 13.7. The Morgan fingerprint density at radius 2 is 1.80 bits per heavy atom. The highest BCUT2D eigenvalue weighted by Gasteiger charge is 2.11. The normalized spacial score (nSPS) is 11.4. The second-order valence-corrected chi connectivity index (χ2v) is 5.27. The molecule has 6 heteroatoms. The van der Waals surface area contributed by atoms with Crippen LogP contribution in [0.25, 0.3) is 11.0 Å². The van der Waals surface area contributed by atoms with Crippen LogP contribution in [-0.2, 0) is 4.84 Å². The van der Waals surface area contributed by atoms with Crippen LogP contribution in [0.5, 0.6) is 5.75 Å². The van der Waals surface area contributed by atoms with Gasteiger partial charge in [0.2, 0.25) is 0 Å². The molecule has 0 N–H and O–H groups in total. The number of rotatable bonds is 4. The van der Waals surface area contributed by atoms with E-state index in [0.717, 1.165) is 5.39 Å². The van der Waals surface area contributed by atoms with Crippen LogP contribution in [0.15, 0.2) is 69.0 Å². The molecule has 0 amide bonds. The monoisotopic (exact) mass is 337 g/mol. The molecule has 0 saturated heterocycles. The van der Waals surface area contributed by atoms with Crippen molar-refractivity contribution in [3.05, 3.63) is 76.1 Å². The van der Waals surface area contributed by atoms with Gasteiger partial charge in [0.1, 0.15) is 11.3 Å². The second kappa shape index (κ2) is 7.00. The van der Waals surface area contributed by atoms with E-state index in [1.165, 1.54) is 7.11 Å². The van der Waals surface area contributed by atoms with E-state index in [1.54, 1.807) is 49.4 Å². The van der Waals surface area contributed by atoms with Crippen molar-refractivity contribution in [1.82, 2.24) is 0 Å². The minimum absolute atomic E-state index is 0.237. The molecule has 0 aliphatic rings. The van der Waals surface area contributed by atoms with E-state index in [0.29, 0.717) is 16.9 Å². The molecule has 126 valence electrons. The molecule has 0 fully saturated rings. The molecular weight excluding hydrogens is 322 g/mol. The SMILES string of the molecule is COc1ccc(C(=O)O/N=C(\C)c2cc3ccccc3oc2=O)cc1. The molecule has 3 aromatic rings. The molecule has 0 aliphatic carbocycles. The number of nitrogens with zero attached hydrogens (tertiary/aromatic N) is 1. The number of hydrogen-bond donors (Lipinski definition) is 0. The van der Waals surface area contributed by atoms with Gasteiger partial charge in [-0.1, -0.05) is 23.4 Å². The largest absolute Gasteiger partial charge is 0.497 e. The molecule has 2 aromatic carbocycles. The predicted octanol–water partition coefficient (Wildman–Crippen LogP) is 3.38. The average molecular weight is 337 g/mol. The number of ether oxygens (including phenoxy) is 1. The second-order valence-electron chi connectivity index (χ2n) is 5.27. The summed E-state index contributed by atoms with van der Waals surface area (Å²) in [5.74, 6) is -0.00261. The summed E-state index contributed by atoms with van der Waals surface area (Å²) >= 11 is 0. The summed E-state index contributed by atoms with van der Waals surface area (Å²) in [4.78, 5) is 29.0. The summed E-state index contributed by atoms with van der Waals surface area (Å²) in [5, 5.41) is 4.51. The van der Waals surface area contributed by atoms with E-state index in [-0.39, 0.29) is 11.3 Å². The van der Waals surface area contributed by atoms with Gasteiger partial charge >= 0.3 is 11.6 Å². The van der Waals surface area contributed by atoms with Gasteiger partial charge in [0.05, 0.1) is 23.9 Å². The number of benzene rings is 2. The summed E-state index contributed by atoms with van der Waals surface area (Å²) in [6.45, 7) is 1.57. The first-order chi connectivity index (χ1) is 12.1. The third kappa shape index (κ3) is 3.58. The first kappa shape index (κ1) is 16.4. The predicted molar refractivity (Wildman–Crippen MR) is 93.1 cm³/mol. The van der Waals surface area contributed by atoms with Crippen molar-refractivity contribution in [3.8, 4) is 5.75 Å². The van der Waals surface area contributed by atoms with Crippen LogP contribution < -0.4 is 10.4 Å². The molecule has 1 aromatic heterocycles. The number of oxime groups is 1. The van der Waals surface area contributed by atoms with Crippen molar-refractivity contribution in [2.75, 3.05) is 7.11 Å². The number of carbonyl (C=O) groups excluding carboxylic acids is 1. The van der Waals surface area contributed by atoms with Crippen molar-refractivity contribution in [1.29, 1.82) is 0 Å². The lowest BCUT2D eigenvalue weighted by molar-refractivity contribution is 0.0516. The quantitative estimate of drug-likeness (QED) is 0.316. The van der Waals surface area contributed by atoms with Gasteiger partial charge in [-0.25, -0.2) is 9.59 Å². The highest BCUT2D eigenvalue weighted by Crippen LogP contribution is 2.14. The first-order valence-corrected chi connectivity index (χ1v) is 7.52. The Morgan fingerprint density at radius 1 is 1.08 bits per heavy atom. The highest BCUT2D eigenvalue weighted by molar-refractivity contribution is 6.00. The summed E-state index contributed by atoms with van der Waals surface area (Å²) in [5.41, 5.74) is 0.755. The van der Waals surface area contributed by atoms with Crippen molar-refractivity contribution >= 4 is 22.7 Å². The van der Waals surface area contributed by atoms with Gasteiger partial charge in [0, 0.05) is 5.39 Å². The molecule has 0 radical (unpaired) electrons. The van der Waals surface area contributed by atoms with E-state index in [2.05, 4.69) is 5.16 Å². The molecule has 0 spiro atoms. The lowest BCUT2D eigenvalue weighted by Gasteiger charge is -2.03. The fourth-order valence-electron chi connectivity index (χ4n) is 2.25. The molecule has 0 unspecified atom stereocenters. The summed E-state index contributed by atoms with van der Waals surface area (Å²) in [7, 11) is 1.54.